The lowest BCUT2D eigenvalue weighted by molar-refractivity contribution is 0.0842. The molecule has 0 bridgehead atoms. The number of hydrogen-bond donors (Lipinski definition) is 2. The molecular weight excluding hydrogens is 356 g/mol. The third-order valence-corrected chi connectivity index (χ3v) is 5.05. The van der Waals surface area contributed by atoms with E-state index in [-0.39, 0.29) is 5.91 Å². The maximum atomic E-state index is 12.6. The molecule has 4 nitrogen and oxygen atoms in total. The normalized spacial score (nSPS) is 16.7. The van der Waals surface area contributed by atoms with Crippen LogP contribution in [0.15, 0.2) is 28.7 Å². The van der Waals surface area contributed by atoms with Crippen LogP contribution in [-0.4, -0.2) is 28.6 Å². The predicted octanol–water partition coefficient (Wildman–Crippen LogP) is 3.59. The molecule has 1 fully saturated rings. The molecule has 1 aliphatic rings. The lowest BCUT2D eigenvalue weighted by atomic mass is 10.0. The fraction of sp³-hybridized carbons (Fsp3) is 0.444. The Morgan fingerprint density at radius 1 is 1.39 bits per heavy atom. The number of aliphatic hydroxyl groups is 1. The number of benzene rings is 1. The van der Waals surface area contributed by atoms with E-state index in [1.54, 1.807) is 6.07 Å². The minimum absolute atomic E-state index is 0.153. The summed E-state index contributed by atoms with van der Waals surface area (Å²) in [6, 6.07) is 7.51. The summed E-state index contributed by atoms with van der Waals surface area (Å²) in [5, 5.41) is 13.9. The Kier molecular flexibility index (Phi) is 4.97. The minimum atomic E-state index is -0.454. The molecule has 1 amide bonds. The molecule has 1 saturated carbocycles. The Bertz CT molecular complexity index is 721. The van der Waals surface area contributed by atoms with E-state index >= 15 is 0 Å². The van der Waals surface area contributed by atoms with Crippen LogP contribution in [0.4, 0.5) is 0 Å². The predicted molar refractivity (Wildman–Crippen MR) is 94.5 cm³/mol. The van der Waals surface area contributed by atoms with Gasteiger partial charge in [-0.25, -0.2) is 0 Å². The Morgan fingerprint density at radius 3 is 2.87 bits per heavy atom. The van der Waals surface area contributed by atoms with Gasteiger partial charge in [0, 0.05) is 22.1 Å². The average Bonchev–Trinajstić information content (AvgIpc) is 3.05. The van der Waals surface area contributed by atoms with Crippen LogP contribution in [0.5, 0.6) is 0 Å². The van der Waals surface area contributed by atoms with Crippen molar-refractivity contribution in [1.82, 2.24) is 10.3 Å². The summed E-state index contributed by atoms with van der Waals surface area (Å²) in [7, 11) is 0. The second kappa shape index (κ2) is 6.97. The number of aliphatic hydroxyl groups excluding tert-OH is 1. The van der Waals surface area contributed by atoms with E-state index in [1.165, 1.54) is 12.8 Å². The summed E-state index contributed by atoms with van der Waals surface area (Å²) >= 11 is 3.43. The molecule has 1 unspecified atom stereocenters. The maximum Gasteiger partial charge on any atom is 0.252 e. The first-order valence-corrected chi connectivity index (χ1v) is 8.87. The second-order valence-electron chi connectivity index (χ2n) is 6.29. The Balaban J connectivity index is 1.77. The van der Waals surface area contributed by atoms with Crippen LogP contribution in [-0.2, 0) is 0 Å². The molecule has 1 aromatic heterocycles. The van der Waals surface area contributed by atoms with Crippen molar-refractivity contribution < 1.29 is 9.90 Å². The number of aromatic nitrogens is 1. The van der Waals surface area contributed by atoms with Gasteiger partial charge in [0.25, 0.3) is 5.91 Å². The lowest BCUT2D eigenvalue weighted by Gasteiger charge is -2.18. The van der Waals surface area contributed by atoms with Gasteiger partial charge in [0.05, 0.1) is 17.2 Å². The number of nitrogens with one attached hydrogen (secondary N) is 1. The highest BCUT2D eigenvalue weighted by Crippen LogP contribution is 2.27. The first-order chi connectivity index (χ1) is 11.0. The molecule has 1 heterocycles. The minimum Gasteiger partial charge on any atom is -0.391 e. The van der Waals surface area contributed by atoms with E-state index in [9.17, 15) is 9.90 Å². The highest BCUT2D eigenvalue weighted by Gasteiger charge is 2.23. The van der Waals surface area contributed by atoms with Crippen molar-refractivity contribution in [3.05, 3.63) is 40.0 Å². The third kappa shape index (κ3) is 3.72. The van der Waals surface area contributed by atoms with Crippen LogP contribution in [0, 0.1) is 12.8 Å². The number of aryl methyl sites for hydroxylation is 1. The Morgan fingerprint density at radius 2 is 2.13 bits per heavy atom. The molecule has 0 radical (unpaired) electrons. The number of rotatable bonds is 4. The van der Waals surface area contributed by atoms with Gasteiger partial charge in [-0.3, -0.25) is 9.78 Å². The van der Waals surface area contributed by atoms with Crippen molar-refractivity contribution in [2.75, 3.05) is 6.54 Å². The zero-order valence-electron chi connectivity index (χ0n) is 13.2. The van der Waals surface area contributed by atoms with Crippen LogP contribution < -0.4 is 5.32 Å². The fourth-order valence-corrected chi connectivity index (χ4v) is 3.67. The Labute approximate surface area is 144 Å². The quantitative estimate of drug-likeness (QED) is 0.856. The number of carbonyl (C=O) groups excluding carboxylic acids is 1. The maximum absolute atomic E-state index is 12.6. The first-order valence-electron chi connectivity index (χ1n) is 8.08. The van der Waals surface area contributed by atoms with Gasteiger partial charge >= 0.3 is 0 Å². The first kappa shape index (κ1) is 16.4. The molecule has 2 aromatic rings. The number of pyridine rings is 1. The highest BCUT2D eigenvalue weighted by molar-refractivity contribution is 9.10. The monoisotopic (exact) mass is 376 g/mol. The van der Waals surface area contributed by atoms with Crippen molar-refractivity contribution in [1.29, 1.82) is 0 Å². The molecule has 5 heteroatoms. The summed E-state index contributed by atoms with van der Waals surface area (Å²) in [6.45, 7) is 2.19. The highest BCUT2D eigenvalue weighted by atomic mass is 79.9. The molecule has 1 aromatic carbocycles. The molecule has 3 rings (SSSR count). The van der Waals surface area contributed by atoms with Gasteiger partial charge in [-0.1, -0.05) is 34.8 Å². The van der Waals surface area contributed by atoms with Crippen molar-refractivity contribution in [2.45, 2.75) is 38.7 Å². The molecule has 122 valence electrons. The number of halogens is 1. The van der Waals surface area contributed by atoms with Crippen LogP contribution in [0.2, 0.25) is 0 Å². The zero-order chi connectivity index (χ0) is 16.4. The van der Waals surface area contributed by atoms with Gasteiger partial charge in [0.15, 0.2) is 0 Å². The lowest BCUT2D eigenvalue weighted by Crippen LogP contribution is -2.35. The summed E-state index contributed by atoms with van der Waals surface area (Å²) in [5.74, 6) is 0.169. The van der Waals surface area contributed by atoms with Gasteiger partial charge in [0.1, 0.15) is 0 Å². The third-order valence-electron chi connectivity index (χ3n) is 4.56. The van der Waals surface area contributed by atoms with Gasteiger partial charge in [0.2, 0.25) is 0 Å². The van der Waals surface area contributed by atoms with Crippen LogP contribution in [0.25, 0.3) is 10.9 Å². The van der Waals surface area contributed by atoms with Crippen molar-refractivity contribution in [3.8, 4) is 0 Å². The molecule has 0 saturated heterocycles. The number of hydrogen-bond acceptors (Lipinski definition) is 3. The molecular formula is C18H21BrN2O2. The number of amides is 1. The van der Waals surface area contributed by atoms with E-state index in [2.05, 4.69) is 26.2 Å². The summed E-state index contributed by atoms with van der Waals surface area (Å²) in [5.41, 5.74) is 2.21. The van der Waals surface area contributed by atoms with Gasteiger partial charge < -0.3 is 10.4 Å². The largest absolute Gasteiger partial charge is 0.391 e. The van der Waals surface area contributed by atoms with Crippen LogP contribution in [0.3, 0.4) is 0 Å². The average molecular weight is 377 g/mol. The number of nitrogens with zero attached hydrogens (tertiary/aromatic N) is 1. The molecule has 2 N–H and O–H groups in total. The van der Waals surface area contributed by atoms with E-state index in [1.807, 2.05) is 25.1 Å². The van der Waals surface area contributed by atoms with Crippen LogP contribution in [0.1, 0.15) is 41.7 Å². The molecule has 23 heavy (non-hydrogen) atoms. The van der Waals surface area contributed by atoms with Gasteiger partial charge in [-0.2, -0.15) is 0 Å². The molecule has 0 spiro atoms. The SMILES string of the molecule is Cc1cc(C(=O)NCC(O)C2CCCC2)c2ccc(Br)cc2n1. The van der Waals surface area contributed by atoms with Gasteiger partial charge in [-0.05, 0) is 43.9 Å². The fourth-order valence-electron chi connectivity index (χ4n) is 3.32. The standard InChI is InChI=1S/C18H21BrN2O2/c1-11-8-15(14-7-6-13(19)9-16(14)21-11)18(23)20-10-17(22)12-4-2-3-5-12/h6-9,12,17,22H,2-5,10H2,1H3,(H,20,23). The molecule has 1 atom stereocenters. The van der Waals surface area contributed by atoms with Crippen LogP contribution >= 0.6 is 15.9 Å². The summed E-state index contributed by atoms with van der Waals surface area (Å²) in [6.07, 6.45) is 4.02. The summed E-state index contributed by atoms with van der Waals surface area (Å²) < 4.78 is 0.936. The number of carbonyl (C=O) groups is 1. The van der Waals surface area contributed by atoms with E-state index < -0.39 is 6.10 Å². The van der Waals surface area contributed by atoms with E-state index in [0.29, 0.717) is 18.0 Å². The molecule has 0 aliphatic heterocycles. The second-order valence-corrected chi connectivity index (χ2v) is 7.21. The topological polar surface area (TPSA) is 62.2 Å². The van der Waals surface area contributed by atoms with E-state index in [0.717, 1.165) is 33.9 Å². The van der Waals surface area contributed by atoms with Crippen molar-refractivity contribution in [3.63, 3.8) is 0 Å². The van der Waals surface area contributed by atoms with Crippen molar-refractivity contribution in [2.24, 2.45) is 5.92 Å². The van der Waals surface area contributed by atoms with Gasteiger partial charge in [-0.15, -0.1) is 0 Å². The molecule has 1 aliphatic carbocycles. The Hall–Kier alpha value is -1.46. The number of fused-ring (bicyclic) bond motifs is 1. The summed E-state index contributed by atoms with van der Waals surface area (Å²) in [4.78, 5) is 17.0. The zero-order valence-corrected chi connectivity index (χ0v) is 14.8. The smallest absolute Gasteiger partial charge is 0.252 e. The van der Waals surface area contributed by atoms with Crippen molar-refractivity contribution >= 4 is 32.7 Å². The van der Waals surface area contributed by atoms with E-state index in [4.69, 9.17) is 0 Å².